The van der Waals surface area contributed by atoms with Crippen LogP contribution in [0, 0.1) is 25.5 Å². The number of rotatable bonds is 16. The Balaban J connectivity index is 0.000000401. The monoisotopic (exact) mass is 1160 g/mol. The molecular formula is C56H74B2F2N16O4S2. The summed E-state index contributed by atoms with van der Waals surface area (Å²) in [6.45, 7) is 7.70. The molecule has 2 aliphatic carbocycles. The van der Waals surface area contributed by atoms with E-state index in [-0.39, 0.29) is 94.4 Å². The first-order valence-corrected chi connectivity index (χ1v) is 25.3. The fourth-order valence-corrected chi connectivity index (χ4v) is 9.78. The molecule has 0 aromatic carbocycles. The van der Waals surface area contributed by atoms with E-state index in [0.29, 0.717) is 37.3 Å². The van der Waals surface area contributed by atoms with Gasteiger partial charge in [0.2, 0.25) is 0 Å². The number of nitrogens with zero attached hydrogens (tertiary/aromatic N) is 10. The van der Waals surface area contributed by atoms with Crippen molar-refractivity contribution in [1.29, 1.82) is 0 Å². The number of ether oxygens (including phenoxy) is 2. The summed E-state index contributed by atoms with van der Waals surface area (Å²) in [5.41, 5.74) is 3.79. The van der Waals surface area contributed by atoms with Crippen LogP contribution in [0.3, 0.4) is 0 Å². The van der Waals surface area contributed by atoms with Crippen LogP contribution < -0.4 is 21.3 Å². The molecule has 2 fully saturated rings. The van der Waals surface area contributed by atoms with Crippen molar-refractivity contribution in [2.45, 2.75) is 129 Å². The van der Waals surface area contributed by atoms with Crippen LogP contribution >= 0.6 is 27.0 Å². The van der Waals surface area contributed by atoms with E-state index in [1.165, 1.54) is 21.8 Å². The van der Waals surface area contributed by atoms with E-state index in [9.17, 15) is 18.4 Å². The van der Waals surface area contributed by atoms with Crippen LogP contribution in [0.25, 0.3) is 11.6 Å². The van der Waals surface area contributed by atoms with Gasteiger partial charge in [-0.25, -0.2) is 38.1 Å². The van der Waals surface area contributed by atoms with E-state index in [1.54, 1.807) is 38.7 Å². The van der Waals surface area contributed by atoms with Crippen molar-refractivity contribution in [3.8, 4) is 11.6 Å². The van der Waals surface area contributed by atoms with Gasteiger partial charge in [0, 0.05) is 90.2 Å². The summed E-state index contributed by atoms with van der Waals surface area (Å²) in [7, 11) is 3.19. The second-order valence-electron chi connectivity index (χ2n) is 19.5. The van der Waals surface area contributed by atoms with Crippen LogP contribution in [0.1, 0.15) is 138 Å². The maximum absolute atomic E-state index is 13.4. The third-order valence-electron chi connectivity index (χ3n) is 14.3. The number of aromatic nitrogens is 12. The Morgan fingerprint density at radius 1 is 0.598 bits per heavy atom. The SMILES string of the molecule is C.C.COC1(C(=O)N[C@@H](C)c2ccc(-n3cc(F)cn3)nc2)CCC(c2cccc(Nc3cc(C)[nH]n3)n2)CC1.COC1(C(=O)N[C@@H](C)c2ccc(-n3cc(F)cn3)nc2)CCC(c2cccc(Nc3cc(C)[nH]n3)n2)CC1.S.S.[B].[B]. The van der Waals surface area contributed by atoms with E-state index in [4.69, 9.17) is 19.4 Å². The molecule has 0 spiro atoms. The van der Waals surface area contributed by atoms with Gasteiger partial charge in [0.15, 0.2) is 34.9 Å². The highest BCUT2D eigenvalue weighted by molar-refractivity contribution is 7.59. The van der Waals surface area contributed by atoms with Crippen molar-refractivity contribution in [2.75, 3.05) is 24.9 Å². The highest BCUT2D eigenvalue weighted by atomic mass is 32.1. The quantitative estimate of drug-likeness (QED) is 0.0494. The van der Waals surface area contributed by atoms with Gasteiger partial charge in [0.05, 0.1) is 36.9 Å². The largest absolute Gasteiger partial charge is 0.368 e. The molecule has 10 rings (SSSR count). The summed E-state index contributed by atoms with van der Waals surface area (Å²) in [5, 5.41) is 34.7. The molecule has 0 bridgehead atoms. The molecule has 2 atom stereocenters. The Morgan fingerprint density at radius 3 is 1.27 bits per heavy atom. The zero-order chi connectivity index (χ0) is 53.4. The van der Waals surface area contributed by atoms with Crippen molar-refractivity contribution in [1.82, 2.24) is 70.5 Å². The van der Waals surface area contributed by atoms with E-state index in [1.807, 2.05) is 88.4 Å². The van der Waals surface area contributed by atoms with Gasteiger partial charge in [0.25, 0.3) is 11.8 Å². The van der Waals surface area contributed by atoms with Gasteiger partial charge in [0.1, 0.15) is 22.8 Å². The van der Waals surface area contributed by atoms with Gasteiger partial charge in [-0.1, -0.05) is 39.1 Å². The molecule has 0 unspecified atom stereocenters. The van der Waals surface area contributed by atoms with E-state index >= 15 is 0 Å². The number of nitrogens with one attached hydrogen (secondary N) is 6. The first-order chi connectivity index (χ1) is 36.7. The molecule has 6 N–H and O–H groups in total. The average molecular weight is 1160 g/mol. The molecular weight excluding hydrogens is 1080 g/mol. The standard InChI is InChI=1S/2C27H31FN8O2.2CH4.2B.2H2S/c2*1-17-13-24(35-34-17)33-23-6-4-5-22(32-23)19-9-11-27(38-3,12-10-19)26(37)31-18(2)20-7-8-25(29-14-20)36-16-21(28)15-30-36;;;;;;/h2*4-8,13-16,18-19H,9-12H2,1-3H3,(H,31,37)(H2,32,33,34,35);2*1H4;;;2*1H2/t2*18-,19?,27?;;;;;;/m00....../s1. The molecule has 20 nitrogen and oxygen atoms in total. The highest BCUT2D eigenvalue weighted by Gasteiger charge is 2.44. The summed E-state index contributed by atoms with van der Waals surface area (Å²) in [5.74, 6) is 3.24. The molecule has 8 aromatic heterocycles. The molecule has 8 aromatic rings. The Morgan fingerprint density at radius 2 is 0.976 bits per heavy atom. The summed E-state index contributed by atoms with van der Waals surface area (Å²) in [6, 6.07) is 22.3. The van der Waals surface area contributed by atoms with Crippen molar-refractivity contribution in [2.24, 2.45) is 0 Å². The highest BCUT2D eigenvalue weighted by Crippen LogP contribution is 2.42. The van der Waals surface area contributed by atoms with E-state index < -0.39 is 22.8 Å². The smallest absolute Gasteiger partial charge is 0.252 e. The molecule has 26 heteroatoms. The van der Waals surface area contributed by atoms with Gasteiger partial charge in [-0.2, -0.15) is 47.4 Å². The van der Waals surface area contributed by atoms with Crippen LogP contribution in [0.2, 0.25) is 0 Å². The van der Waals surface area contributed by atoms with Gasteiger partial charge in [-0.3, -0.25) is 19.8 Å². The normalized spacial score (nSPS) is 18.7. The minimum Gasteiger partial charge on any atom is -0.368 e. The number of pyridine rings is 4. The number of halogens is 2. The van der Waals surface area contributed by atoms with Gasteiger partial charge < -0.3 is 30.7 Å². The van der Waals surface area contributed by atoms with Gasteiger partial charge in [-0.05, 0) is 127 Å². The molecule has 8 heterocycles. The Hall–Kier alpha value is -7.41. The third kappa shape index (κ3) is 16.4. The molecule has 0 saturated heterocycles. The lowest BCUT2D eigenvalue weighted by atomic mass is 9.76. The number of aromatic amines is 2. The lowest BCUT2D eigenvalue weighted by Gasteiger charge is -2.38. The van der Waals surface area contributed by atoms with Crippen molar-refractivity contribution in [3.05, 3.63) is 156 Å². The minimum absolute atomic E-state index is 0. The maximum atomic E-state index is 13.4. The summed E-state index contributed by atoms with van der Waals surface area (Å²) in [6.07, 6.45) is 13.6. The van der Waals surface area contributed by atoms with Crippen LogP contribution in [-0.4, -0.2) is 114 Å². The summed E-state index contributed by atoms with van der Waals surface area (Å²) < 4.78 is 40.9. The molecule has 82 heavy (non-hydrogen) atoms. The number of aryl methyl sites for hydroxylation is 2. The van der Waals surface area contributed by atoms with Crippen molar-refractivity contribution >= 4 is 78.9 Å². The molecule has 2 aliphatic rings. The predicted octanol–water partition coefficient (Wildman–Crippen LogP) is 9.73. The molecule has 6 radical (unpaired) electrons. The fraction of sp³-hybridized carbons (Fsp3) is 0.393. The lowest BCUT2D eigenvalue weighted by molar-refractivity contribution is -0.149. The number of carbonyl (C=O) groups excluding carboxylic acids is 2. The number of hydrogen-bond donors (Lipinski definition) is 6. The van der Waals surface area contributed by atoms with Crippen molar-refractivity contribution < 1.29 is 27.8 Å². The average Bonchev–Trinajstić information content (AvgIpc) is 4.28. The van der Waals surface area contributed by atoms with Crippen LogP contribution in [0.5, 0.6) is 0 Å². The Labute approximate surface area is 496 Å². The Bertz CT molecular complexity index is 3030. The summed E-state index contributed by atoms with van der Waals surface area (Å²) in [4.78, 5) is 45.1. The fourth-order valence-electron chi connectivity index (χ4n) is 9.78. The van der Waals surface area contributed by atoms with Gasteiger partial charge in [-0.15, -0.1) is 0 Å². The van der Waals surface area contributed by atoms with E-state index in [2.05, 4.69) is 61.8 Å². The molecule has 2 saturated carbocycles. The number of anilines is 4. The summed E-state index contributed by atoms with van der Waals surface area (Å²) >= 11 is 0. The van der Waals surface area contributed by atoms with E-state index in [0.717, 1.165) is 95.3 Å². The maximum Gasteiger partial charge on any atom is 0.252 e. The molecule has 2 amide bonds. The first kappa shape index (κ1) is 68.9. The number of hydrogen-bond acceptors (Lipinski definition) is 14. The first-order valence-electron chi connectivity index (χ1n) is 25.3. The number of amides is 2. The Kier molecular flexibility index (Phi) is 25.7. The zero-order valence-electron chi connectivity index (χ0n) is 45.4. The van der Waals surface area contributed by atoms with Gasteiger partial charge >= 0.3 is 0 Å². The number of H-pyrrole nitrogens is 2. The number of methoxy groups -OCH3 is 2. The van der Waals surface area contributed by atoms with Crippen LogP contribution in [0.4, 0.5) is 32.1 Å². The molecule has 434 valence electrons. The van der Waals surface area contributed by atoms with Crippen molar-refractivity contribution in [3.63, 3.8) is 0 Å². The second-order valence-corrected chi connectivity index (χ2v) is 19.5. The topological polar surface area (TPSA) is 245 Å². The number of carbonyl (C=O) groups is 2. The lowest BCUT2D eigenvalue weighted by Crippen LogP contribution is -2.50. The second kappa shape index (κ2) is 30.6. The third-order valence-corrected chi connectivity index (χ3v) is 14.3. The van der Waals surface area contributed by atoms with Crippen LogP contribution in [-0.2, 0) is 19.1 Å². The molecule has 0 aliphatic heterocycles. The zero-order valence-corrected chi connectivity index (χ0v) is 47.4. The minimum atomic E-state index is -0.896. The predicted molar refractivity (Wildman–Crippen MR) is 325 cm³/mol. The van der Waals surface area contributed by atoms with Crippen LogP contribution in [0.15, 0.2) is 110 Å².